The molecular formula is C10H12ClNO4S. The summed E-state index contributed by atoms with van der Waals surface area (Å²) in [4.78, 5) is 11.8. The van der Waals surface area contributed by atoms with Gasteiger partial charge in [-0.2, -0.15) is 0 Å². The molecule has 1 N–H and O–H groups in total. The molecule has 1 aliphatic rings. The molecule has 1 aromatic heterocycles. The smallest absolute Gasteiger partial charge is 0.256 e. The molecule has 1 aliphatic heterocycles. The van der Waals surface area contributed by atoms with Gasteiger partial charge in [0, 0.05) is 6.04 Å². The lowest BCUT2D eigenvalue weighted by molar-refractivity contribution is 0.0934. The fourth-order valence-electron chi connectivity index (χ4n) is 1.75. The van der Waals surface area contributed by atoms with E-state index in [9.17, 15) is 13.2 Å². The summed E-state index contributed by atoms with van der Waals surface area (Å²) >= 11 is 5.67. The molecule has 1 saturated heterocycles. The first-order valence-corrected chi connectivity index (χ1v) is 7.42. The summed E-state index contributed by atoms with van der Waals surface area (Å²) in [6.45, 7) is 0. The van der Waals surface area contributed by atoms with Gasteiger partial charge in [-0.3, -0.25) is 4.79 Å². The normalized spacial score (nSPS) is 20.1. The Kier molecular flexibility index (Phi) is 3.44. The third-order valence-electron chi connectivity index (χ3n) is 2.75. The molecule has 7 heteroatoms. The van der Waals surface area contributed by atoms with E-state index < -0.39 is 9.84 Å². The number of halogens is 1. The maximum Gasteiger partial charge on any atom is 0.256 e. The van der Waals surface area contributed by atoms with Crippen LogP contribution in [0.2, 0.25) is 5.22 Å². The molecule has 0 aliphatic carbocycles. The zero-order chi connectivity index (χ0) is 12.5. The number of hydrogen-bond acceptors (Lipinski definition) is 4. The van der Waals surface area contributed by atoms with Gasteiger partial charge in [0.1, 0.15) is 9.84 Å². The molecule has 2 heterocycles. The van der Waals surface area contributed by atoms with Gasteiger partial charge < -0.3 is 9.73 Å². The van der Waals surface area contributed by atoms with Crippen LogP contribution in [0.5, 0.6) is 0 Å². The highest BCUT2D eigenvalue weighted by Gasteiger charge is 2.25. The Hall–Kier alpha value is -1.01. The number of hydrogen-bond donors (Lipinski definition) is 1. The molecule has 2 rings (SSSR count). The van der Waals surface area contributed by atoms with Gasteiger partial charge in [0.25, 0.3) is 5.91 Å². The van der Waals surface area contributed by atoms with Gasteiger partial charge >= 0.3 is 0 Å². The average molecular weight is 278 g/mol. The van der Waals surface area contributed by atoms with Crippen LogP contribution in [0.15, 0.2) is 16.7 Å². The zero-order valence-electron chi connectivity index (χ0n) is 8.98. The van der Waals surface area contributed by atoms with Gasteiger partial charge in [-0.25, -0.2) is 8.42 Å². The Balaban J connectivity index is 1.95. The highest BCUT2D eigenvalue weighted by atomic mass is 35.5. The minimum absolute atomic E-state index is 0.0472. The predicted molar refractivity (Wildman–Crippen MR) is 62.9 cm³/mol. The van der Waals surface area contributed by atoms with E-state index in [1.165, 1.54) is 12.3 Å². The second-order valence-corrected chi connectivity index (χ2v) is 6.65. The first-order chi connectivity index (χ1) is 7.98. The summed E-state index contributed by atoms with van der Waals surface area (Å²) in [6, 6.07) is 1.37. The van der Waals surface area contributed by atoms with Crippen LogP contribution in [0.4, 0.5) is 0 Å². The standard InChI is InChI=1S/C10H12ClNO4S/c11-9-8(1-4-16-9)10(13)12-7-2-5-17(14,15)6-3-7/h1,4,7H,2-3,5-6H2,(H,12,13). The largest absolute Gasteiger partial charge is 0.452 e. The van der Waals surface area contributed by atoms with Crippen molar-refractivity contribution < 1.29 is 17.6 Å². The van der Waals surface area contributed by atoms with Crippen molar-refractivity contribution in [1.82, 2.24) is 5.32 Å². The Morgan fingerprint density at radius 2 is 2.06 bits per heavy atom. The number of nitrogens with one attached hydrogen (secondary N) is 1. The van der Waals surface area contributed by atoms with Crippen molar-refractivity contribution in [2.45, 2.75) is 18.9 Å². The van der Waals surface area contributed by atoms with Gasteiger partial charge in [-0.1, -0.05) is 0 Å². The number of sulfone groups is 1. The van der Waals surface area contributed by atoms with Crippen molar-refractivity contribution in [2.75, 3.05) is 11.5 Å². The van der Waals surface area contributed by atoms with E-state index in [-0.39, 0.29) is 34.2 Å². The maximum absolute atomic E-state index is 11.8. The summed E-state index contributed by atoms with van der Waals surface area (Å²) in [5, 5.41) is 2.80. The molecule has 1 fully saturated rings. The van der Waals surface area contributed by atoms with Gasteiger partial charge in [0.2, 0.25) is 5.22 Å². The monoisotopic (exact) mass is 277 g/mol. The van der Waals surface area contributed by atoms with E-state index in [2.05, 4.69) is 5.32 Å². The Morgan fingerprint density at radius 3 is 2.59 bits per heavy atom. The number of rotatable bonds is 2. The van der Waals surface area contributed by atoms with Crippen molar-refractivity contribution in [2.24, 2.45) is 0 Å². The topological polar surface area (TPSA) is 76.4 Å². The molecule has 0 spiro atoms. The van der Waals surface area contributed by atoms with Crippen LogP contribution in [0.1, 0.15) is 23.2 Å². The van der Waals surface area contributed by atoms with Crippen molar-refractivity contribution >= 4 is 27.3 Å². The fraction of sp³-hybridized carbons (Fsp3) is 0.500. The van der Waals surface area contributed by atoms with Gasteiger partial charge in [-0.05, 0) is 30.5 Å². The molecule has 17 heavy (non-hydrogen) atoms. The minimum atomic E-state index is -2.91. The van der Waals surface area contributed by atoms with Gasteiger partial charge in [-0.15, -0.1) is 0 Å². The number of amides is 1. The average Bonchev–Trinajstić information content (AvgIpc) is 2.68. The van der Waals surface area contributed by atoms with E-state index in [1.54, 1.807) is 0 Å². The SMILES string of the molecule is O=C(NC1CCS(=O)(=O)CC1)c1ccoc1Cl. The molecule has 0 saturated carbocycles. The Bertz CT molecular complexity index is 508. The van der Waals surface area contributed by atoms with Crippen LogP contribution in [-0.4, -0.2) is 31.9 Å². The van der Waals surface area contributed by atoms with Crippen LogP contribution in [0.3, 0.4) is 0 Å². The lowest BCUT2D eigenvalue weighted by Gasteiger charge is -2.22. The quantitative estimate of drug-likeness (QED) is 0.882. The van der Waals surface area contributed by atoms with Gasteiger partial charge in [0.15, 0.2) is 0 Å². The van der Waals surface area contributed by atoms with Crippen molar-refractivity contribution in [3.63, 3.8) is 0 Å². The molecule has 0 aromatic carbocycles. The van der Waals surface area contributed by atoms with E-state index >= 15 is 0 Å². The van der Waals surface area contributed by atoms with Crippen molar-refractivity contribution in [1.29, 1.82) is 0 Å². The second-order valence-electron chi connectivity index (χ2n) is 4.01. The van der Waals surface area contributed by atoms with Crippen LogP contribution >= 0.6 is 11.6 Å². The highest BCUT2D eigenvalue weighted by molar-refractivity contribution is 7.91. The number of carbonyl (C=O) groups is 1. The second kappa shape index (κ2) is 4.70. The molecule has 0 radical (unpaired) electrons. The van der Waals surface area contributed by atoms with Gasteiger partial charge in [0.05, 0.1) is 23.3 Å². The van der Waals surface area contributed by atoms with E-state index in [0.717, 1.165) is 0 Å². The molecule has 0 unspecified atom stereocenters. The van der Waals surface area contributed by atoms with E-state index in [1.807, 2.05) is 0 Å². The maximum atomic E-state index is 11.8. The predicted octanol–water partition coefficient (Wildman–Crippen LogP) is 1.24. The molecule has 94 valence electrons. The minimum Gasteiger partial charge on any atom is -0.452 e. The third-order valence-corrected chi connectivity index (χ3v) is 4.76. The number of carbonyl (C=O) groups excluding carboxylic acids is 1. The Labute approximate surface area is 104 Å². The summed E-state index contributed by atoms with van der Waals surface area (Å²) in [5.41, 5.74) is 0.278. The Morgan fingerprint density at radius 1 is 1.41 bits per heavy atom. The van der Waals surface area contributed by atoms with E-state index in [4.69, 9.17) is 16.0 Å². The number of furan rings is 1. The molecule has 0 atom stereocenters. The summed E-state index contributed by atoms with van der Waals surface area (Å²) < 4.78 is 27.2. The molecular weight excluding hydrogens is 266 g/mol. The van der Waals surface area contributed by atoms with Crippen molar-refractivity contribution in [3.05, 3.63) is 23.1 Å². The summed E-state index contributed by atoms with van der Waals surface area (Å²) in [5.74, 6) is -0.0817. The lowest BCUT2D eigenvalue weighted by atomic mass is 10.1. The highest BCUT2D eigenvalue weighted by Crippen LogP contribution is 2.18. The summed E-state index contributed by atoms with van der Waals surface area (Å²) in [6.07, 6.45) is 2.23. The van der Waals surface area contributed by atoms with Crippen LogP contribution in [0.25, 0.3) is 0 Å². The van der Waals surface area contributed by atoms with E-state index in [0.29, 0.717) is 12.8 Å². The molecule has 0 bridgehead atoms. The lowest BCUT2D eigenvalue weighted by Crippen LogP contribution is -2.40. The molecule has 1 aromatic rings. The van der Waals surface area contributed by atoms with Crippen LogP contribution in [-0.2, 0) is 9.84 Å². The third kappa shape index (κ3) is 3.01. The van der Waals surface area contributed by atoms with Crippen molar-refractivity contribution in [3.8, 4) is 0 Å². The molecule has 5 nitrogen and oxygen atoms in total. The van der Waals surface area contributed by atoms with Crippen LogP contribution < -0.4 is 5.32 Å². The zero-order valence-corrected chi connectivity index (χ0v) is 10.6. The fourth-order valence-corrected chi connectivity index (χ4v) is 3.44. The summed E-state index contributed by atoms with van der Waals surface area (Å²) in [7, 11) is -2.91. The first kappa shape index (κ1) is 12.4. The molecule has 1 amide bonds. The first-order valence-electron chi connectivity index (χ1n) is 5.22. The van der Waals surface area contributed by atoms with Crippen LogP contribution in [0, 0.1) is 0 Å².